The van der Waals surface area contributed by atoms with Gasteiger partial charge in [-0.3, -0.25) is 0 Å². The van der Waals surface area contributed by atoms with Gasteiger partial charge in [-0.25, -0.2) is 4.79 Å². The molecular weight excluding hydrogens is 314 g/mol. The van der Waals surface area contributed by atoms with Gasteiger partial charge in [-0.05, 0) is 69.7 Å². The second-order valence-corrected chi connectivity index (χ2v) is 6.89. The van der Waals surface area contributed by atoms with Crippen molar-refractivity contribution in [1.82, 2.24) is 0 Å². The first-order chi connectivity index (χ1) is 11.8. The number of benzene rings is 2. The van der Waals surface area contributed by atoms with Crippen LogP contribution in [0.3, 0.4) is 0 Å². The second-order valence-electron chi connectivity index (χ2n) is 6.89. The minimum absolute atomic E-state index is 0.0898. The van der Waals surface area contributed by atoms with Gasteiger partial charge in [0, 0.05) is 29.1 Å². The molecule has 0 saturated heterocycles. The number of amides is 1. The summed E-state index contributed by atoms with van der Waals surface area (Å²) in [7, 11) is 0. The molecule has 0 aliphatic rings. The fourth-order valence-electron chi connectivity index (χ4n) is 2.77. The number of carbonyl (C=O) groups excluding carboxylic acids is 1. The minimum Gasteiger partial charge on any atom is -0.445 e. The lowest BCUT2D eigenvalue weighted by Crippen LogP contribution is -2.41. The highest BCUT2D eigenvalue weighted by Crippen LogP contribution is 2.26. The Morgan fingerprint density at radius 1 is 1.04 bits per heavy atom. The zero-order valence-corrected chi connectivity index (χ0v) is 15.4. The molecule has 25 heavy (non-hydrogen) atoms. The van der Waals surface area contributed by atoms with Crippen LogP contribution < -0.4 is 16.0 Å². The molecule has 1 amide bonds. The van der Waals surface area contributed by atoms with Crippen molar-refractivity contribution in [3.05, 3.63) is 54.1 Å². The quantitative estimate of drug-likeness (QED) is 0.802. The van der Waals surface area contributed by atoms with E-state index in [1.807, 2.05) is 24.3 Å². The Morgan fingerprint density at radius 3 is 2.00 bits per heavy atom. The van der Waals surface area contributed by atoms with Crippen molar-refractivity contribution in [2.75, 3.05) is 16.8 Å². The number of hydrogen-bond acceptors (Lipinski definition) is 4. The lowest BCUT2D eigenvalue weighted by atomic mass is 10.0. The molecule has 0 aromatic heterocycles. The highest BCUT2D eigenvalue weighted by molar-refractivity contribution is 5.65. The first kappa shape index (κ1) is 18.6. The Labute approximate surface area is 149 Å². The Hall–Kier alpha value is -2.69. The van der Waals surface area contributed by atoms with Crippen molar-refractivity contribution in [2.24, 2.45) is 5.73 Å². The SMILES string of the molecule is CCN(c1ccc(Nc2ccc(COC(N)=O)cc2)cc1)C(C)(C)C. The van der Waals surface area contributed by atoms with Crippen LogP contribution in [0.15, 0.2) is 48.5 Å². The number of primary amides is 1. The molecule has 2 aromatic rings. The molecule has 0 saturated carbocycles. The summed E-state index contributed by atoms with van der Waals surface area (Å²) < 4.78 is 4.77. The van der Waals surface area contributed by atoms with E-state index in [2.05, 4.69) is 62.2 Å². The minimum atomic E-state index is -0.765. The third-order valence-corrected chi connectivity index (χ3v) is 3.93. The number of nitrogens with one attached hydrogen (secondary N) is 1. The lowest BCUT2D eigenvalue weighted by Gasteiger charge is -2.37. The number of rotatable bonds is 6. The van der Waals surface area contributed by atoms with Gasteiger partial charge in [0.15, 0.2) is 0 Å². The first-order valence-corrected chi connectivity index (χ1v) is 8.45. The predicted molar refractivity (Wildman–Crippen MR) is 103 cm³/mol. The standard InChI is InChI=1S/C20H27N3O2/c1-5-23(20(2,3)4)18-12-10-17(11-13-18)22-16-8-6-15(7-9-16)14-25-19(21)24/h6-13,22H,5,14H2,1-4H3,(H2,21,24). The van der Waals surface area contributed by atoms with E-state index >= 15 is 0 Å². The number of anilines is 3. The molecule has 0 bridgehead atoms. The van der Waals surface area contributed by atoms with Crippen molar-refractivity contribution < 1.29 is 9.53 Å². The van der Waals surface area contributed by atoms with E-state index < -0.39 is 6.09 Å². The molecule has 0 unspecified atom stereocenters. The molecule has 2 aromatic carbocycles. The average molecular weight is 341 g/mol. The van der Waals surface area contributed by atoms with Crippen LogP contribution >= 0.6 is 0 Å². The molecule has 0 aliphatic heterocycles. The zero-order chi connectivity index (χ0) is 18.4. The molecular formula is C20H27N3O2. The zero-order valence-electron chi connectivity index (χ0n) is 15.4. The Morgan fingerprint density at radius 2 is 1.56 bits per heavy atom. The summed E-state index contributed by atoms with van der Waals surface area (Å²) in [4.78, 5) is 13.0. The summed E-state index contributed by atoms with van der Waals surface area (Å²) in [6, 6.07) is 16.1. The van der Waals surface area contributed by atoms with Crippen LogP contribution in [0, 0.1) is 0 Å². The normalized spacial score (nSPS) is 11.0. The predicted octanol–water partition coefficient (Wildman–Crippen LogP) is 4.65. The van der Waals surface area contributed by atoms with Crippen molar-refractivity contribution in [1.29, 1.82) is 0 Å². The van der Waals surface area contributed by atoms with Crippen LogP contribution in [0.25, 0.3) is 0 Å². The monoisotopic (exact) mass is 341 g/mol. The largest absolute Gasteiger partial charge is 0.445 e. The van der Waals surface area contributed by atoms with E-state index in [1.165, 1.54) is 5.69 Å². The molecule has 0 spiro atoms. The van der Waals surface area contributed by atoms with Gasteiger partial charge in [-0.15, -0.1) is 0 Å². The number of carbonyl (C=O) groups is 1. The van der Waals surface area contributed by atoms with Crippen LogP contribution in [0.4, 0.5) is 21.9 Å². The van der Waals surface area contributed by atoms with Gasteiger partial charge >= 0.3 is 6.09 Å². The van der Waals surface area contributed by atoms with Crippen LogP contribution in [0.5, 0.6) is 0 Å². The van der Waals surface area contributed by atoms with Crippen LogP contribution in [0.2, 0.25) is 0 Å². The lowest BCUT2D eigenvalue weighted by molar-refractivity contribution is 0.150. The summed E-state index contributed by atoms with van der Waals surface area (Å²) >= 11 is 0. The van der Waals surface area contributed by atoms with Gasteiger partial charge in [0.1, 0.15) is 6.61 Å². The first-order valence-electron chi connectivity index (χ1n) is 8.45. The fraction of sp³-hybridized carbons (Fsp3) is 0.350. The van der Waals surface area contributed by atoms with Gasteiger partial charge in [0.05, 0.1) is 0 Å². The third kappa shape index (κ3) is 5.41. The maximum atomic E-state index is 10.6. The molecule has 0 heterocycles. The van der Waals surface area contributed by atoms with Crippen molar-refractivity contribution in [2.45, 2.75) is 39.8 Å². The van der Waals surface area contributed by atoms with E-state index in [0.717, 1.165) is 23.5 Å². The van der Waals surface area contributed by atoms with Crippen LogP contribution in [-0.4, -0.2) is 18.2 Å². The third-order valence-electron chi connectivity index (χ3n) is 3.93. The van der Waals surface area contributed by atoms with Gasteiger partial charge in [0.2, 0.25) is 0 Å². The Bertz CT molecular complexity index is 688. The summed E-state index contributed by atoms with van der Waals surface area (Å²) in [5.74, 6) is 0. The maximum Gasteiger partial charge on any atom is 0.404 e. The molecule has 2 rings (SSSR count). The summed E-state index contributed by atoms with van der Waals surface area (Å²) in [6.45, 7) is 9.96. The number of hydrogen-bond donors (Lipinski definition) is 2. The average Bonchev–Trinajstić information content (AvgIpc) is 2.55. The highest BCUT2D eigenvalue weighted by Gasteiger charge is 2.19. The molecule has 0 fully saturated rings. The van der Waals surface area contributed by atoms with Crippen LogP contribution in [-0.2, 0) is 11.3 Å². The van der Waals surface area contributed by atoms with Crippen molar-refractivity contribution in [3.8, 4) is 0 Å². The van der Waals surface area contributed by atoms with Crippen molar-refractivity contribution >= 4 is 23.2 Å². The second kappa shape index (κ2) is 7.92. The summed E-state index contributed by atoms with van der Waals surface area (Å²) in [6.07, 6.45) is -0.765. The van der Waals surface area contributed by atoms with E-state index in [4.69, 9.17) is 10.5 Å². The molecule has 5 heteroatoms. The molecule has 0 radical (unpaired) electrons. The van der Waals surface area contributed by atoms with Gasteiger partial charge < -0.3 is 20.7 Å². The molecule has 5 nitrogen and oxygen atoms in total. The van der Waals surface area contributed by atoms with E-state index in [-0.39, 0.29) is 12.1 Å². The van der Waals surface area contributed by atoms with E-state index in [0.29, 0.717) is 0 Å². The van der Waals surface area contributed by atoms with Gasteiger partial charge in [0.25, 0.3) is 0 Å². The van der Waals surface area contributed by atoms with Crippen molar-refractivity contribution in [3.63, 3.8) is 0 Å². The number of ether oxygens (including phenoxy) is 1. The van der Waals surface area contributed by atoms with E-state index in [9.17, 15) is 4.79 Å². The number of nitrogens with two attached hydrogens (primary N) is 1. The van der Waals surface area contributed by atoms with Crippen LogP contribution in [0.1, 0.15) is 33.3 Å². The molecule has 3 N–H and O–H groups in total. The van der Waals surface area contributed by atoms with Gasteiger partial charge in [-0.2, -0.15) is 0 Å². The Kier molecular flexibility index (Phi) is 5.91. The molecule has 0 aliphatic carbocycles. The smallest absolute Gasteiger partial charge is 0.404 e. The fourth-order valence-corrected chi connectivity index (χ4v) is 2.77. The topological polar surface area (TPSA) is 67.6 Å². The maximum absolute atomic E-state index is 10.6. The highest BCUT2D eigenvalue weighted by atomic mass is 16.5. The number of nitrogens with zero attached hydrogens (tertiary/aromatic N) is 1. The Balaban J connectivity index is 2.02. The van der Waals surface area contributed by atoms with Gasteiger partial charge in [-0.1, -0.05) is 12.1 Å². The van der Waals surface area contributed by atoms with E-state index in [1.54, 1.807) is 0 Å². The molecule has 0 atom stereocenters. The summed E-state index contributed by atoms with van der Waals surface area (Å²) in [5, 5.41) is 3.37. The summed E-state index contributed by atoms with van der Waals surface area (Å²) in [5.41, 5.74) is 9.15. The molecule has 134 valence electrons.